The van der Waals surface area contributed by atoms with Gasteiger partial charge in [0.2, 0.25) is 11.8 Å². The molecule has 2 aromatic carbocycles. The maximum absolute atomic E-state index is 13.7. The van der Waals surface area contributed by atoms with Crippen molar-refractivity contribution in [3.8, 4) is 5.75 Å². The summed E-state index contributed by atoms with van der Waals surface area (Å²) in [4.78, 5) is 41.0. The van der Waals surface area contributed by atoms with Crippen LogP contribution < -0.4 is 10.6 Å². The van der Waals surface area contributed by atoms with E-state index < -0.39 is 42.2 Å². The van der Waals surface area contributed by atoms with Crippen molar-refractivity contribution < 1.29 is 29.3 Å². The molecule has 0 aliphatic rings. The Labute approximate surface area is 218 Å². The molecular weight excluding hydrogens is 474 g/mol. The van der Waals surface area contributed by atoms with Crippen molar-refractivity contribution >= 4 is 17.9 Å². The molecular formula is C28H39N3O6. The zero-order valence-corrected chi connectivity index (χ0v) is 22.1. The largest absolute Gasteiger partial charge is 0.508 e. The summed E-state index contributed by atoms with van der Waals surface area (Å²) in [7, 11) is 0. The molecule has 9 heteroatoms. The van der Waals surface area contributed by atoms with Crippen molar-refractivity contribution in [3.05, 3.63) is 65.7 Å². The number of ether oxygens (including phenoxy) is 1. The van der Waals surface area contributed by atoms with Crippen molar-refractivity contribution in [3.63, 3.8) is 0 Å². The summed E-state index contributed by atoms with van der Waals surface area (Å²) in [6, 6.07) is 13.1. The van der Waals surface area contributed by atoms with Crippen LogP contribution in [0.2, 0.25) is 0 Å². The fourth-order valence-electron chi connectivity index (χ4n) is 3.75. The van der Waals surface area contributed by atoms with Crippen LogP contribution in [-0.2, 0) is 20.9 Å². The number of carbonyl (C=O) groups is 3. The van der Waals surface area contributed by atoms with Crippen molar-refractivity contribution in [2.75, 3.05) is 13.2 Å². The van der Waals surface area contributed by atoms with Gasteiger partial charge in [0.15, 0.2) is 0 Å². The summed E-state index contributed by atoms with van der Waals surface area (Å²) < 4.78 is 5.25. The maximum atomic E-state index is 13.7. The molecule has 2 aromatic rings. The Morgan fingerprint density at radius 1 is 1.00 bits per heavy atom. The molecule has 0 spiro atoms. The number of rotatable bonds is 12. The molecule has 0 radical (unpaired) electrons. The molecule has 4 N–H and O–H groups in total. The molecule has 202 valence electrons. The number of aromatic hydroxyl groups is 1. The van der Waals surface area contributed by atoms with Gasteiger partial charge in [0.05, 0.1) is 6.61 Å². The van der Waals surface area contributed by atoms with Crippen molar-refractivity contribution in [2.24, 2.45) is 0 Å². The Hall–Kier alpha value is -3.59. The van der Waals surface area contributed by atoms with Crippen molar-refractivity contribution in [1.82, 2.24) is 15.5 Å². The number of alkyl carbamates (subject to hydrolysis) is 1. The van der Waals surface area contributed by atoms with E-state index in [1.54, 1.807) is 32.9 Å². The molecule has 0 aliphatic heterocycles. The van der Waals surface area contributed by atoms with E-state index in [1.807, 2.05) is 37.3 Å². The van der Waals surface area contributed by atoms with Gasteiger partial charge in [-0.25, -0.2) is 4.79 Å². The van der Waals surface area contributed by atoms with E-state index in [1.165, 1.54) is 17.0 Å². The van der Waals surface area contributed by atoms with Gasteiger partial charge in [-0.1, -0.05) is 62.2 Å². The number of amides is 3. The fourth-order valence-corrected chi connectivity index (χ4v) is 3.75. The SMILES string of the molecule is CCCCCN(C(=O)C(CO)NC(=O)OC(C)(C)C)C(C(=O)NCc1ccccc1)c1ccc(O)cc1. The molecule has 0 heterocycles. The fraction of sp³-hybridized carbons (Fsp3) is 0.464. The van der Waals surface area contributed by atoms with E-state index >= 15 is 0 Å². The van der Waals surface area contributed by atoms with Crippen LogP contribution in [0.4, 0.5) is 4.79 Å². The molecule has 0 aliphatic carbocycles. The highest BCUT2D eigenvalue weighted by Gasteiger charge is 2.35. The number of aliphatic hydroxyl groups is 1. The van der Waals surface area contributed by atoms with Gasteiger partial charge < -0.3 is 30.5 Å². The van der Waals surface area contributed by atoms with Crippen LogP contribution in [0.1, 0.15) is 64.1 Å². The molecule has 0 bridgehead atoms. The zero-order chi connectivity index (χ0) is 27.4. The van der Waals surface area contributed by atoms with Gasteiger partial charge in [-0.3, -0.25) is 9.59 Å². The van der Waals surface area contributed by atoms with Gasteiger partial charge in [-0.2, -0.15) is 0 Å². The molecule has 0 aromatic heterocycles. The van der Waals surface area contributed by atoms with E-state index in [2.05, 4.69) is 10.6 Å². The number of phenols is 1. The van der Waals surface area contributed by atoms with Crippen LogP contribution >= 0.6 is 0 Å². The number of unbranched alkanes of at least 4 members (excludes halogenated alkanes) is 2. The molecule has 37 heavy (non-hydrogen) atoms. The highest BCUT2D eigenvalue weighted by atomic mass is 16.6. The summed E-state index contributed by atoms with van der Waals surface area (Å²) in [5.74, 6) is -1.01. The third-order valence-corrected chi connectivity index (χ3v) is 5.54. The zero-order valence-electron chi connectivity index (χ0n) is 22.1. The first-order valence-electron chi connectivity index (χ1n) is 12.6. The van der Waals surface area contributed by atoms with E-state index in [-0.39, 0.29) is 18.8 Å². The normalized spacial score (nSPS) is 12.8. The Bertz CT molecular complexity index is 1000. The topological polar surface area (TPSA) is 128 Å². The summed E-state index contributed by atoms with van der Waals surface area (Å²) >= 11 is 0. The lowest BCUT2D eigenvalue weighted by Crippen LogP contribution is -2.54. The monoisotopic (exact) mass is 513 g/mol. The summed E-state index contributed by atoms with van der Waals surface area (Å²) in [6.07, 6.45) is 1.49. The van der Waals surface area contributed by atoms with Gasteiger partial charge in [-0.05, 0) is 50.5 Å². The molecule has 3 amide bonds. The van der Waals surface area contributed by atoms with Gasteiger partial charge in [-0.15, -0.1) is 0 Å². The summed E-state index contributed by atoms with van der Waals surface area (Å²) in [5.41, 5.74) is 0.589. The molecule has 0 fully saturated rings. The average molecular weight is 514 g/mol. The summed E-state index contributed by atoms with van der Waals surface area (Å²) in [6.45, 7) is 6.91. The second-order valence-corrected chi connectivity index (χ2v) is 9.82. The molecule has 0 saturated carbocycles. The molecule has 9 nitrogen and oxygen atoms in total. The average Bonchev–Trinajstić information content (AvgIpc) is 2.85. The number of benzene rings is 2. The highest BCUT2D eigenvalue weighted by molar-refractivity contribution is 5.92. The second-order valence-electron chi connectivity index (χ2n) is 9.82. The molecule has 2 atom stereocenters. The standard InChI is InChI=1S/C28H39N3O6/c1-5-6-10-17-31(26(35)23(19-32)30-27(36)37-28(2,3)4)24(21-13-15-22(33)16-14-21)25(34)29-18-20-11-8-7-9-12-20/h7-9,11-16,23-24,32-33H,5-6,10,17-19H2,1-4H3,(H,29,34)(H,30,36). The van der Waals surface area contributed by atoms with Crippen LogP contribution in [-0.4, -0.2) is 57.8 Å². The van der Waals surface area contributed by atoms with Crippen LogP contribution in [0.25, 0.3) is 0 Å². The van der Waals surface area contributed by atoms with Gasteiger partial charge in [0.1, 0.15) is 23.4 Å². The highest BCUT2D eigenvalue weighted by Crippen LogP contribution is 2.25. The first-order chi connectivity index (χ1) is 17.6. The van der Waals surface area contributed by atoms with Gasteiger partial charge in [0, 0.05) is 13.1 Å². The minimum absolute atomic E-state index is 0.0240. The molecule has 2 rings (SSSR count). The third kappa shape index (κ3) is 9.76. The number of aliphatic hydroxyl groups excluding tert-OH is 1. The van der Waals surface area contributed by atoms with E-state index in [0.29, 0.717) is 12.0 Å². The summed E-state index contributed by atoms with van der Waals surface area (Å²) in [5, 5.41) is 25.1. The third-order valence-electron chi connectivity index (χ3n) is 5.54. The molecule has 0 saturated heterocycles. The van der Waals surface area contributed by atoms with E-state index in [4.69, 9.17) is 4.74 Å². The number of nitrogens with one attached hydrogen (secondary N) is 2. The second kappa shape index (κ2) is 14.2. The smallest absolute Gasteiger partial charge is 0.408 e. The maximum Gasteiger partial charge on any atom is 0.408 e. The Morgan fingerprint density at radius 2 is 1.65 bits per heavy atom. The first-order valence-corrected chi connectivity index (χ1v) is 12.6. The minimum Gasteiger partial charge on any atom is -0.508 e. The van der Waals surface area contributed by atoms with E-state index in [0.717, 1.165) is 18.4 Å². The van der Waals surface area contributed by atoms with Crippen molar-refractivity contribution in [2.45, 2.75) is 71.2 Å². The van der Waals surface area contributed by atoms with Gasteiger partial charge >= 0.3 is 6.09 Å². The number of phenolic OH excluding ortho intramolecular Hbond substituents is 1. The minimum atomic E-state index is -1.31. The lowest BCUT2D eigenvalue weighted by atomic mass is 10.0. The van der Waals surface area contributed by atoms with E-state index in [9.17, 15) is 24.6 Å². The Balaban J connectivity index is 2.38. The van der Waals surface area contributed by atoms with Crippen LogP contribution in [0.5, 0.6) is 5.75 Å². The Kier molecular flexibility index (Phi) is 11.4. The Morgan fingerprint density at radius 3 is 2.22 bits per heavy atom. The van der Waals surface area contributed by atoms with Crippen LogP contribution in [0, 0.1) is 0 Å². The van der Waals surface area contributed by atoms with Crippen molar-refractivity contribution in [1.29, 1.82) is 0 Å². The predicted molar refractivity (Wildman–Crippen MR) is 141 cm³/mol. The number of carbonyl (C=O) groups excluding carboxylic acids is 3. The van der Waals surface area contributed by atoms with Crippen LogP contribution in [0.15, 0.2) is 54.6 Å². The lowest BCUT2D eigenvalue weighted by molar-refractivity contribution is -0.143. The number of nitrogens with zero attached hydrogens (tertiary/aromatic N) is 1. The number of hydrogen-bond acceptors (Lipinski definition) is 6. The van der Waals surface area contributed by atoms with Gasteiger partial charge in [0.25, 0.3) is 0 Å². The quantitative estimate of drug-likeness (QED) is 0.321. The first kappa shape index (κ1) is 29.6. The van der Waals surface area contributed by atoms with Crippen LogP contribution in [0.3, 0.4) is 0 Å². The predicted octanol–water partition coefficient (Wildman–Crippen LogP) is 3.65. The number of hydrogen-bond donors (Lipinski definition) is 4. The lowest BCUT2D eigenvalue weighted by Gasteiger charge is -2.34. The molecule has 2 unspecified atom stereocenters.